The van der Waals surface area contributed by atoms with Crippen LogP contribution in [0.15, 0.2) is 9.59 Å². The van der Waals surface area contributed by atoms with Gasteiger partial charge in [0.15, 0.2) is 22.7 Å². The number of aliphatic hydroxyl groups excluding tert-OH is 2. The van der Waals surface area contributed by atoms with E-state index in [1.54, 1.807) is 6.92 Å². The summed E-state index contributed by atoms with van der Waals surface area (Å²) in [5.41, 5.74) is 2.32. The summed E-state index contributed by atoms with van der Waals surface area (Å²) >= 11 is 0. The molecule has 1 saturated heterocycles. The number of ether oxygens (including phenoxy) is 1. The van der Waals surface area contributed by atoms with Crippen LogP contribution in [0.2, 0.25) is 0 Å². The van der Waals surface area contributed by atoms with Gasteiger partial charge in [0.1, 0.15) is 12.2 Å². The number of rotatable bonds is 7. The zero-order valence-corrected chi connectivity index (χ0v) is 18.9. The van der Waals surface area contributed by atoms with Crippen molar-refractivity contribution >= 4 is 24.7 Å². The molecular formula is C17H28N5O9P. The second kappa shape index (κ2) is 8.06. The highest BCUT2D eigenvalue weighted by atomic mass is 31.2. The number of fused-ring (bicyclic) bond motifs is 1. The molecule has 1 fully saturated rings. The Hall–Kier alpha value is -2.06. The number of nitrogens with one attached hydrogen (secondary N) is 2. The van der Waals surface area contributed by atoms with Crippen molar-refractivity contribution in [3.63, 3.8) is 0 Å². The number of hydrogen-bond acceptors (Lipinski definition) is 10. The van der Waals surface area contributed by atoms with Gasteiger partial charge < -0.3 is 35.2 Å². The fourth-order valence-electron chi connectivity index (χ4n) is 3.46. The maximum Gasteiger partial charge on any atom is 0.359 e. The zero-order chi connectivity index (χ0) is 24.2. The summed E-state index contributed by atoms with van der Waals surface area (Å²) in [6.45, 7) is 5.43. The lowest BCUT2D eigenvalue weighted by atomic mass is 9.93. The van der Waals surface area contributed by atoms with Crippen molar-refractivity contribution < 1.29 is 34.0 Å². The fraction of sp³-hybridized carbons (Fsp3) is 0.706. The van der Waals surface area contributed by atoms with Crippen molar-refractivity contribution in [3.8, 4) is 0 Å². The van der Waals surface area contributed by atoms with Crippen LogP contribution < -0.4 is 17.0 Å². The lowest BCUT2D eigenvalue weighted by Crippen LogP contribution is -2.39. The van der Waals surface area contributed by atoms with Gasteiger partial charge in [-0.15, -0.1) is 0 Å². The van der Waals surface area contributed by atoms with Gasteiger partial charge in [0.25, 0.3) is 5.56 Å². The molecule has 14 nitrogen and oxygen atoms in total. The first-order valence-corrected chi connectivity index (χ1v) is 11.5. The minimum atomic E-state index is -4.49. The average molecular weight is 477 g/mol. The molecule has 6 atom stereocenters. The molecule has 32 heavy (non-hydrogen) atoms. The number of imidazole rings is 1. The van der Waals surface area contributed by atoms with Crippen LogP contribution in [0.3, 0.4) is 0 Å². The molecule has 3 rings (SSSR count). The number of aromatic amines is 2. The van der Waals surface area contributed by atoms with Gasteiger partial charge >= 0.3 is 13.3 Å². The number of hydrogen-bond donors (Lipinski definition) is 7. The van der Waals surface area contributed by atoms with Crippen molar-refractivity contribution in [1.82, 2.24) is 19.5 Å². The molecular weight excluding hydrogens is 449 g/mol. The van der Waals surface area contributed by atoms with Gasteiger partial charge in [0.05, 0.1) is 11.7 Å². The van der Waals surface area contributed by atoms with Crippen molar-refractivity contribution in [2.24, 2.45) is 0 Å². The largest absolute Gasteiger partial charge is 0.388 e. The Morgan fingerprint density at radius 2 is 1.88 bits per heavy atom. The van der Waals surface area contributed by atoms with E-state index >= 15 is 0 Å². The highest BCUT2D eigenvalue weighted by Crippen LogP contribution is 2.57. The lowest BCUT2D eigenvalue weighted by molar-refractivity contribution is -0.0692. The molecule has 2 aromatic rings. The molecule has 0 aliphatic carbocycles. The standard InChI is InChI=1S/C17H28N5O9P/c1-5-17(4,31-32(28,29)16(2,3)27)6-7-9(23)10(24)13(30-7)22-11-8(19-15(22)26)12(25)21-14(18)20-11/h7,9-10,13,23-24,27H,5-6H2,1-4H3,(H,19,26)(H,28,29)(H3,18,20,21,25)/t7-,9-,10-,13?,17?/m1/s1. The SMILES string of the molecule is CCC(C)(C[C@H]1OC(n2c(=O)[nH]c3c(=O)[nH]c(N)nc32)[C@H](O)[C@@H]1O)OP(=O)(O)C(C)(C)O. The molecule has 1 aliphatic rings. The van der Waals surface area contributed by atoms with Gasteiger partial charge in [-0.25, -0.2) is 9.36 Å². The number of nitrogens with zero attached hydrogens (tertiary/aromatic N) is 2. The Balaban J connectivity index is 1.93. The highest BCUT2D eigenvalue weighted by molar-refractivity contribution is 7.54. The number of anilines is 1. The smallest absolute Gasteiger partial charge is 0.359 e. The molecule has 15 heteroatoms. The summed E-state index contributed by atoms with van der Waals surface area (Å²) in [6, 6.07) is 0. The zero-order valence-electron chi connectivity index (χ0n) is 18.0. The van der Waals surface area contributed by atoms with Crippen molar-refractivity contribution in [3.05, 3.63) is 20.8 Å². The monoisotopic (exact) mass is 477 g/mol. The van der Waals surface area contributed by atoms with Crippen LogP contribution in [0.25, 0.3) is 11.2 Å². The Morgan fingerprint density at radius 3 is 2.44 bits per heavy atom. The summed E-state index contributed by atoms with van der Waals surface area (Å²) in [4.78, 5) is 43.1. The molecule has 0 bridgehead atoms. The highest BCUT2D eigenvalue weighted by Gasteiger charge is 2.50. The maximum absolute atomic E-state index is 12.5. The van der Waals surface area contributed by atoms with Gasteiger partial charge in [-0.1, -0.05) is 6.92 Å². The van der Waals surface area contributed by atoms with E-state index in [9.17, 15) is 34.4 Å². The molecule has 0 amide bonds. The minimum Gasteiger partial charge on any atom is -0.388 e. The summed E-state index contributed by atoms with van der Waals surface area (Å²) < 4.78 is 24.4. The average Bonchev–Trinajstić information content (AvgIpc) is 3.11. The fourth-order valence-corrected chi connectivity index (χ4v) is 4.48. The first-order valence-electron chi connectivity index (χ1n) is 9.88. The van der Waals surface area contributed by atoms with E-state index in [0.717, 1.165) is 18.4 Å². The molecule has 3 heterocycles. The third-order valence-corrected chi connectivity index (χ3v) is 7.68. The summed E-state index contributed by atoms with van der Waals surface area (Å²) in [7, 11) is -4.49. The van der Waals surface area contributed by atoms with Crippen LogP contribution in [-0.4, -0.2) is 69.0 Å². The number of nitrogens with two attached hydrogens (primary N) is 1. The normalized spacial score (nSPS) is 28.0. The molecule has 1 aliphatic heterocycles. The number of H-pyrrole nitrogens is 2. The topological polar surface area (TPSA) is 226 Å². The van der Waals surface area contributed by atoms with Gasteiger partial charge in [-0.05, 0) is 27.2 Å². The third kappa shape index (κ3) is 4.27. The van der Waals surface area contributed by atoms with Gasteiger partial charge in [-0.2, -0.15) is 4.98 Å². The van der Waals surface area contributed by atoms with Crippen LogP contribution >= 0.6 is 7.60 Å². The molecule has 3 unspecified atom stereocenters. The molecule has 0 saturated carbocycles. The minimum absolute atomic E-state index is 0.161. The van der Waals surface area contributed by atoms with Crippen LogP contribution in [0.4, 0.5) is 5.95 Å². The van der Waals surface area contributed by atoms with E-state index in [4.69, 9.17) is 15.0 Å². The number of aliphatic hydroxyl groups is 3. The first kappa shape index (κ1) is 24.6. The van der Waals surface area contributed by atoms with Gasteiger partial charge in [-0.3, -0.25) is 19.3 Å². The van der Waals surface area contributed by atoms with Gasteiger partial charge in [0, 0.05) is 6.42 Å². The van der Waals surface area contributed by atoms with Crippen molar-refractivity contribution in [2.75, 3.05) is 5.73 Å². The van der Waals surface area contributed by atoms with E-state index < -0.39 is 54.3 Å². The molecule has 0 radical (unpaired) electrons. The molecule has 180 valence electrons. The Labute approximate surface area is 181 Å². The van der Waals surface area contributed by atoms with E-state index in [2.05, 4.69) is 15.0 Å². The third-order valence-electron chi connectivity index (χ3n) is 5.61. The van der Waals surface area contributed by atoms with E-state index in [1.165, 1.54) is 6.92 Å². The summed E-state index contributed by atoms with van der Waals surface area (Å²) in [5, 5.41) is 29.1. The summed E-state index contributed by atoms with van der Waals surface area (Å²) in [6.07, 6.45) is -5.63. The quantitative estimate of drug-likeness (QED) is 0.242. The number of aromatic nitrogens is 4. The summed E-state index contributed by atoms with van der Waals surface area (Å²) in [5.74, 6) is -0.267. The predicted octanol–water partition coefficient (Wildman–Crippen LogP) is -0.896. The van der Waals surface area contributed by atoms with E-state index in [0.29, 0.717) is 0 Å². The van der Waals surface area contributed by atoms with E-state index in [1.807, 2.05) is 0 Å². The maximum atomic E-state index is 12.5. The Morgan fingerprint density at radius 1 is 1.25 bits per heavy atom. The van der Waals surface area contributed by atoms with Crippen molar-refractivity contribution in [1.29, 1.82) is 0 Å². The lowest BCUT2D eigenvalue weighted by Gasteiger charge is -2.36. The Bertz CT molecular complexity index is 1170. The molecule has 0 aromatic carbocycles. The van der Waals surface area contributed by atoms with Crippen molar-refractivity contribution in [2.45, 2.75) is 76.0 Å². The van der Waals surface area contributed by atoms with Crippen LogP contribution in [0.1, 0.15) is 46.8 Å². The molecule has 2 aromatic heterocycles. The van der Waals surface area contributed by atoms with Crippen LogP contribution in [-0.2, 0) is 13.8 Å². The molecule has 8 N–H and O–H groups in total. The second-order valence-electron chi connectivity index (χ2n) is 8.61. The van der Waals surface area contributed by atoms with Gasteiger partial charge in [0.2, 0.25) is 5.95 Å². The van der Waals surface area contributed by atoms with E-state index in [-0.39, 0.29) is 30.0 Å². The number of nitrogen functional groups attached to an aromatic ring is 1. The second-order valence-corrected chi connectivity index (χ2v) is 10.9. The molecule has 0 spiro atoms. The van der Waals surface area contributed by atoms with Crippen LogP contribution in [0, 0.1) is 0 Å². The van der Waals surface area contributed by atoms with Crippen LogP contribution in [0.5, 0.6) is 0 Å². The predicted molar refractivity (Wildman–Crippen MR) is 112 cm³/mol. The first-order chi connectivity index (χ1) is 14.6. The Kier molecular flexibility index (Phi) is 6.19.